The number of nitrogens with zero attached hydrogens (tertiary/aromatic N) is 3. The molecule has 5 rings (SSSR count). The van der Waals surface area contributed by atoms with Gasteiger partial charge in [-0.1, -0.05) is 72.0 Å². The first kappa shape index (κ1) is 19.4. The molecule has 1 aliphatic heterocycles. The molecule has 0 bridgehead atoms. The van der Waals surface area contributed by atoms with Gasteiger partial charge >= 0.3 is 0 Å². The predicted octanol–water partition coefficient (Wildman–Crippen LogP) is 3.33. The third-order valence-electron chi connectivity index (χ3n) is 5.42. The maximum atomic E-state index is 12.9. The van der Waals surface area contributed by atoms with E-state index in [-0.39, 0.29) is 17.5 Å². The fourth-order valence-corrected chi connectivity index (χ4v) is 4.87. The molecule has 0 radical (unpaired) electrons. The van der Waals surface area contributed by atoms with Crippen LogP contribution in [-0.4, -0.2) is 33.4 Å². The van der Waals surface area contributed by atoms with Crippen LogP contribution in [0.5, 0.6) is 0 Å². The van der Waals surface area contributed by atoms with Gasteiger partial charge in [0.25, 0.3) is 5.56 Å². The average Bonchev–Trinajstić information content (AvgIpc) is 3.46. The second-order valence-corrected chi connectivity index (χ2v) is 8.44. The van der Waals surface area contributed by atoms with E-state index in [1.54, 1.807) is 0 Å². The van der Waals surface area contributed by atoms with Gasteiger partial charge in [0.15, 0.2) is 15.5 Å². The Labute approximate surface area is 182 Å². The Morgan fingerprint density at radius 3 is 2.61 bits per heavy atom. The highest BCUT2D eigenvalue weighted by molar-refractivity contribution is 7.21. The van der Waals surface area contributed by atoms with E-state index in [0.717, 1.165) is 30.5 Å². The van der Waals surface area contributed by atoms with E-state index >= 15 is 0 Å². The van der Waals surface area contributed by atoms with Crippen LogP contribution in [0.15, 0.2) is 65.5 Å². The zero-order valence-corrected chi connectivity index (χ0v) is 17.6. The van der Waals surface area contributed by atoms with Crippen LogP contribution in [-0.2, 0) is 11.3 Å². The van der Waals surface area contributed by atoms with Crippen molar-refractivity contribution >= 4 is 32.7 Å². The van der Waals surface area contributed by atoms with Crippen LogP contribution in [0.3, 0.4) is 0 Å². The van der Waals surface area contributed by atoms with E-state index in [4.69, 9.17) is 0 Å². The minimum Gasteiger partial charge on any atom is -0.350 e. The van der Waals surface area contributed by atoms with Crippen LogP contribution >= 0.6 is 11.3 Å². The summed E-state index contributed by atoms with van der Waals surface area (Å²) in [6.07, 6.45) is 1.66. The van der Waals surface area contributed by atoms with Crippen LogP contribution in [0.4, 0.5) is 5.13 Å². The van der Waals surface area contributed by atoms with Gasteiger partial charge < -0.3 is 15.2 Å². The lowest BCUT2D eigenvalue weighted by atomic mass is 10.2. The minimum absolute atomic E-state index is 0.0209. The first-order valence-corrected chi connectivity index (χ1v) is 11.1. The highest BCUT2D eigenvalue weighted by Gasteiger charge is 2.33. The second-order valence-electron chi connectivity index (χ2n) is 7.49. The van der Waals surface area contributed by atoms with Gasteiger partial charge in [-0.25, -0.2) is 9.97 Å². The van der Waals surface area contributed by atoms with Crippen molar-refractivity contribution in [1.82, 2.24) is 20.3 Å². The number of nitrogens with one attached hydrogen (secondary N) is 2. The van der Waals surface area contributed by atoms with Crippen molar-refractivity contribution in [3.05, 3.63) is 76.6 Å². The Balaban J connectivity index is 1.39. The molecule has 0 aliphatic carbocycles. The van der Waals surface area contributed by atoms with Crippen LogP contribution < -0.4 is 15.8 Å². The molecule has 3 heterocycles. The van der Waals surface area contributed by atoms with Gasteiger partial charge in [0, 0.05) is 18.7 Å². The van der Waals surface area contributed by atoms with Gasteiger partial charge in [0.1, 0.15) is 11.9 Å². The van der Waals surface area contributed by atoms with E-state index in [1.807, 2.05) is 65.6 Å². The van der Waals surface area contributed by atoms with Crippen molar-refractivity contribution < 1.29 is 4.79 Å². The Bertz CT molecular complexity index is 1270. The smallest absolute Gasteiger partial charge is 0.278 e. The van der Waals surface area contributed by atoms with E-state index in [0.29, 0.717) is 27.8 Å². The molecule has 1 fully saturated rings. The van der Waals surface area contributed by atoms with Gasteiger partial charge in [-0.2, -0.15) is 0 Å². The van der Waals surface area contributed by atoms with Crippen LogP contribution in [0.2, 0.25) is 0 Å². The second kappa shape index (κ2) is 8.31. The third kappa shape index (κ3) is 3.94. The molecule has 1 atom stereocenters. The summed E-state index contributed by atoms with van der Waals surface area (Å²) in [6, 6.07) is 19.1. The SMILES string of the molecule is O=C(NCc1ccccc1)[C@H]1CCCN1c1nc2c(=O)[nH]c(-c3ccccc3)nc2s1. The standard InChI is InChI=1S/C23H21N5O2S/c29-20(24-14-15-8-3-1-4-9-15)17-12-7-13-28(17)23-25-18-21(30)26-19(27-22(18)31-23)16-10-5-2-6-11-16/h1-6,8-11,17H,7,12-14H2,(H,24,29)(H,26,27,30)/t17-/m1/s1. The zero-order chi connectivity index (χ0) is 21.2. The molecule has 1 aliphatic rings. The van der Waals surface area contributed by atoms with Crippen LogP contribution in [0.25, 0.3) is 21.7 Å². The monoisotopic (exact) mass is 431 g/mol. The van der Waals surface area contributed by atoms with Gasteiger partial charge in [0.05, 0.1) is 0 Å². The molecule has 2 N–H and O–H groups in total. The van der Waals surface area contributed by atoms with Gasteiger partial charge in [0.2, 0.25) is 5.91 Å². The van der Waals surface area contributed by atoms with E-state index in [1.165, 1.54) is 11.3 Å². The summed E-state index contributed by atoms with van der Waals surface area (Å²) < 4.78 is 0. The maximum Gasteiger partial charge on any atom is 0.278 e. The van der Waals surface area contributed by atoms with Crippen molar-refractivity contribution in [2.24, 2.45) is 0 Å². The summed E-state index contributed by atoms with van der Waals surface area (Å²) in [7, 11) is 0. The summed E-state index contributed by atoms with van der Waals surface area (Å²) in [5.41, 5.74) is 1.95. The van der Waals surface area contributed by atoms with Crippen molar-refractivity contribution in [2.45, 2.75) is 25.4 Å². The van der Waals surface area contributed by atoms with E-state index in [2.05, 4.69) is 20.3 Å². The molecule has 1 saturated heterocycles. The molecule has 2 aromatic carbocycles. The van der Waals surface area contributed by atoms with Gasteiger partial charge in [-0.15, -0.1) is 0 Å². The van der Waals surface area contributed by atoms with Crippen molar-refractivity contribution in [2.75, 3.05) is 11.4 Å². The molecule has 0 unspecified atom stereocenters. The number of carbonyl (C=O) groups is 1. The summed E-state index contributed by atoms with van der Waals surface area (Å²) in [5, 5.41) is 3.69. The lowest BCUT2D eigenvalue weighted by molar-refractivity contribution is -0.122. The number of anilines is 1. The lowest BCUT2D eigenvalue weighted by Gasteiger charge is -2.23. The summed E-state index contributed by atoms with van der Waals surface area (Å²) in [6.45, 7) is 1.22. The predicted molar refractivity (Wildman–Crippen MR) is 122 cm³/mol. The van der Waals surface area contributed by atoms with Crippen LogP contribution in [0, 0.1) is 0 Å². The zero-order valence-electron chi connectivity index (χ0n) is 16.7. The molecular weight excluding hydrogens is 410 g/mol. The molecule has 2 aromatic heterocycles. The molecule has 31 heavy (non-hydrogen) atoms. The van der Waals surface area contributed by atoms with Gasteiger partial charge in [-0.05, 0) is 18.4 Å². The largest absolute Gasteiger partial charge is 0.350 e. The quantitative estimate of drug-likeness (QED) is 0.506. The van der Waals surface area contributed by atoms with Crippen molar-refractivity contribution in [3.63, 3.8) is 0 Å². The molecule has 8 heteroatoms. The third-order valence-corrected chi connectivity index (χ3v) is 6.40. The van der Waals surface area contributed by atoms with Crippen LogP contribution in [0.1, 0.15) is 18.4 Å². The minimum atomic E-state index is -0.294. The Hall–Kier alpha value is -3.52. The Morgan fingerprint density at radius 1 is 1.10 bits per heavy atom. The Kier molecular flexibility index (Phi) is 5.21. The Morgan fingerprint density at radius 2 is 1.84 bits per heavy atom. The molecule has 156 valence electrons. The highest BCUT2D eigenvalue weighted by Crippen LogP contribution is 2.32. The number of amides is 1. The number of thiazole rings is 1. The topological polar surface area (TPSA) is 91.0 Å². The number of carbonyl (C=O) groups excluding carboxylic acids is 1. The molecular formula is C23H21N5O2S. The molecule has 0 spiro atoms. The number of aromatic nitrogens is 3. The molecule has 1 amide bonds. The number of fused-ring (bicyclic) bond motifs is 1. The summed E-state index contributed by atoms with van der Waals surface area (Å²) >= 11 is 1.36. The number of H-pyrrole nitrogens is 1. The molecule has 0 saturated carbocycles. The number of aromatic amines is 1. The van der Waals surface area contributed by atoms with E-state index < -0.39 is 0 Å². The molecule has 7 nitrogen and oxygen atoms in total. The first-order valence-electron chi connectivity index (χ1n) is 10.2. The fraction of sp³-hybridized carbons (Fsp3) is 0.217. The molecule has 4 aromatic rings. The number of hydrogen-bond acceptors (Lipinski definition) is 6. The van der Waals surface area contributed by atoms with Crippen molar-refractivity contribution in [1.29, 1.82) is 0 Å². The van der Waals surface area contributed by atoms with E-state index in [9.17, 15) is 9.59 Å². The number of hydrogen-bond donors (Lipinski definition) is 2. The van der Waals surface area contributed by atoms with Gasteiger partial charge in [-0.3, -0.25) is 9.59 Å². The average molecular weight is 432 g/mol. The fourth-order valence-electron chi connectivity index (χ4n) is 3.85. The number of rotatable bonds is 5. The normalized spacial score (nSPS) is 16.0. The lowest BCUT2D eigenvalue weighted by Crippen LogP contribution is -2.43. The first-order chi connectivity index (χ1) is 15.2. The highest BCUT2D eigenvalue weighted by atomic mass is 32.1. The van der Waals surface area contributed by atoms with Crippen molar-refractivity contribution in [3.8, 4) is 11.4 Å². The number of benzene rings is 2. The summed E-state index contributed by atoms with van der Waals surface area (Å²) in [4.78, 5) is 40.0. The maximum absolute atomic E-state index is 12.9. The summed E-state index contributed by atoms with van der Waals surface area (Å²) in [5.74, 6) is 0.499.